The van der Waals surface area contributed by atoms with Crippen LogP contribution >= 0.6 is 0 Å². The maximum absolute atomic E-state index is 11.4. The van der Waals surface area contributed by atoms with E-state index in [1.807, 2.05) is 24.3 Å². The van der Waals surface area contributed by atoms with Gasteiger partial charge in [0.1, 0.15) is 11.5 Å². The van der Waals surface area contributed by atoms with E-state index in [-0.39, 0.29) is 18.6 Å². The molecule has 0 aromatic heterocycles. The van der Waals surface area contributed by atoms with Gasteiger partial charge in [0, 0.05) is 12.5 Å². The van der Waals surface area contributed by atoms with Crippen molar-refractivity contribution < 1.29 is 19.4 Å². The normalized spacial score (nSPS) is 11.7. The molecule has 0 aliphatic rings. The van der Waals surface area contributed by atoms with Crippen LogP contribution in [-0.2, 0) is 4.79 Å². The van der Waals surface area contributed by atoms with Gasteiger partial charge < -0.3 is 19.9 Å². The van der Waals surface area contributed by atoms with Crippen molar-refractivity contribution in [2.45, 2.75) is 25.8 Å². The molecule has 1 unspecified atom stereocenters. The number of ether oxygens (including phenoxy) is 2. The zero-order chi connectivity index (χ0) is 14.1. The number of carbonyl (C=O) groups is 1. The van der Waals surface area contributed by atoms with E-state index in [0.29, 0.717) is 19.4 Å². The van der Waals surface area contributed by atoms with Crippen LogP contribution in [0.2, 0.25) is 0 Å². The molecule has 106 valence electrons. The third-order valence-electron chi connectivity index (χ3n) is 2.56. The summed E-state index contributed by atoms with van der Waals surface area (Å²) in [4.78, 5) is 11.4. The lowest BCUT2D eigenvalue weighted by atomic mass is 10.2. The molecule has 0 saturated heterocycles. The molecule has 2 N–H and O–H groups in total. The van der Waals surface area contributed by atoms with E-state index in [1.165, 1.54) is 0 Å². The molecule has 0 bridgehead atoms. The molecule has 19 heavy (non-hydrogen) atoms. The number of hydrogen-bond acceptors (Lipinski definition) is 4. The molecule has 0 fully saturated rings. The van der Waals surface area contributed by atoms with Crippen LogP contribution in [0.4, 0.5) is 0 Å². The Bertz CT molecular complexity index is 378. The second-order valence-electron chi connectivity index (χ2n) is 4.28. The van der Waals surface area contributed by atoms with Gasteiger partial charge in [-0.15, -0.1) is 0 Å². The Morgan fingerprint density at radius 1 is 1.32 bits per heavy atom. The summed E-state index contributed by atoms with van der Waals surface area (Å²) in [5, 5.41) is 11.5. The second-order valence-corrected chi connectivity index (χ2v) is 4.28. The standard InChI is InChI=1S/C14H21NO4/c1-11(10-16)15-14(17)4-3-9-19-13-7-5-12(18-2)6-8-13/h5-8,11,16H,3-4,9-10H2,1-2H3,(H,15,17). The Hall–Kier alpha value is -1.75. The summed E-state index contributed by atoms with van der Waals surface area (Å²) >= 11 is 0. The van der Waals surface area contributed by atoms with Crippen molar-refractivity contribution in [3.05, 3.63) is 24.3 Å². The Morgan fingerprint density at radius 3 is 2.53 bits per heavy atom. The Labute approximate surface area is 113 Å². The molecule has 0 aliphatic heterocycles. The monoisotopic (exact) mass is 267 g/mol. The van der Waals surface area contributed by atoms with Crippen LogP contribution in [-0.4, -0.2) is 37.4 Å². The highest BCUT2D eigenvalue weighted by atomic mass is 16.5. The lowest BCUT2D eigenvalue weighted by Gasteiger charge is -2.11. The summed E-state index contributed by atoms with van der Waals surface area (Å²) in [6, 6.07) is 7.10. The fourth-order valence-corrected chi connectivity index (χ4v) is 1.49. The number of methoxy groups -OCH3 is 1. The molecular weight excluding hydrogens is 246 g/mol. The van der Waals surface area contributed by atoms with Crippen LogP contribution in [0.3, 0.4) is 0 Å². The van der Waals surface area contributed by atoms with Crippen LogP contribution in [0.5, 0.6) is 11.5 Å². The minimum atomic E-state index is -0.199. The molecule has 5 heteroatoms. The molecule has 1 rings (SSSR count). The Kier molecular flexibility index (Phi) is 6.74. The average molecular weight is 267 g/mol. The minimum Gasteiger partial charge on any atom is -0.497 e. The van der Waals surface area contributed by atoms with Gasteiger partial charge >= 0.3 is 0 Å². The molecule has 0 heterocycles. The van der Waals surface area contributed by atoms with Gasteiger partial charge in [0.15, 0.2) is 0 Å². The van der Waals surface area contributed by atoms with Gasteiger partial charge in [-0.05, 0) is 37.6 Å². The van der Waals surface area contributed by atoms with Crippen molar-refractivity contribution in [2.24, 2.45) is 0 Å². The fraction of sp³-hybridized carbons (Fsp3) is 0.500. The summed E-state index contributed by atoms with van der Waals surface area (Å²) in [6.45, 7) is 2.19. The van der Waals surface area contributed by atoms with E-state index in [4.69, 9.17) is 14.6 Å². The SMILES string of the molecule is COc1ccc(OCCCC(=O)NC(C)CO)cc1. The topological polar surface area (TPSA) is 67.8 Å². The van der Waals surface area contributed by atoms with Gasteiger partial charge in [-0.3, -0.25) is 4.79 Å². The molecule has 5 nitrogen and oxygen atoms in total. The highest BCUT2D eigenvalue weighted by Gasteiger charge is 2.05. The first-order chi connectivity index (χ1) is 9.15. The first-order valence-corrected chi connectivity index (χ1v) is 6.32. The predicted octanol–water partition coefficient (Wildman–Crippen LogP) is 1.35. The van der Waals surface area contributed by atoms with E-state index in [9.17, 15) is 4.79 Å². The summed E-state index contributed by atoms with van der Waals surface area (Å²) in [7, 11) is 1.61. The molecule has 0 aliphatic carbocycles. The third-order valence-corrected chi connectivity index (χ3v) is 2.56. The largest absolute Gasteiger partial charge is 0.497 e. The fourth-order valence-electron chi connectivity index (χ4n) is 1.49. The van der Waals surface area contributed by atoms with Crippen molar-refractivity contribution in [3.8, 4) is 11.5 Å². The van der Waals surface area contributed by atoms with Crippen molar-refractivity contribution in [2.75, 3.05) is 20.3 Å². The number of hydrogen-bond donors (Lipinski definition) is 2. The molecular formula is C14H21NO4. The molecule has 0 radical (unpaired) electrons. The Balaban J connectivity index is 2.17. The van der Waals surface area contributed by atoms with Crippen molar-refractivity contribution in [1.82, 2.24) is 5.32 Å². The maximum Gasteiger partial charge on any atom is 0.220 e. The summed E-state index contributed by atoms with van der Waals surface area (Å²) in [6.07, 6.45) is 1.02. The highest BCUT2D eigenvalue weighted by molar-refractivity contribution is 5.76. The second kappa shape index (κ2) is 8.37. The quantitative estimate of drug-likeness (QED) is 0.698. The summed E-state index contributed by atoms with van der Waals surface area (Å²) in [5.41, 5.74) is 0. The first kappa shape index (κ1) is 15.3. The number of aliphatic hydroxyl groups is 1. The zero-order valence-electron chi connectivity index (χ0n) is 11.4. The van der Waals surface area contributed by atoms with E-state index >= 15 is 0 Å². The van der Waals surface area contributed by atoms with Crippen LogP contribution in [0, 0.1) is 0 Å². The molecule has 0 saturated carbocycles. The van der Waals surface area contributed by atoms with Crippen LogP contribution in [0.25, 0.3) is 0 Å². The molecule has 1 aromatic rings. The maximum atomic E-state index is 11.4. The number of benzene rings is 1. The Morgan fingerprint density at radius 2 is 1.95 bits per heavy atom. The first-order valence-electron chi connectivity index (χ1n) is 6.32. The van der Waals surface area contributed by atoms with Crippen LogP contribution in [0.1, 0.15) is 19.8 Å². The van der Waals surface area contributed by atoms with Gasteiger partial charge in [0.05, 0.1) is 20.3 Å². The summed E-state index contributed by atoms with van der Waals surface area (Å²) < 4.78 is 10.5. The van der Waals surface area contributed by atoms with Gasteiger partial charge in [-0.25, -0.2) is 0 Å². The van der Waals surface area contributed by atoms with Crippen LogP contribution in [0.15, 0.2) is 24.3 Å². The number of amides is 1. The van der Waals surface area contributed by atoms with E-state index < -0.39 is 0 Å². The zero-order valence-corrected chi connectivity index (χ0v) is 11.4. The lowest BCUT2D eigenvalue weighted by molar-refractivity contribution is -0.122. The predicted molar refractivity (Wildman–Crippen MR) is 72.4 cm³/mol. The number of aliphatic hydroxyl groups excluding tert-OH is 1. The van der Waals surface area contributed by atoms with Gasteiger partial charge in [0.2, 0.25) is 5.91 Å². The van der Waals surface area contributed by atoms with E-state index in [1.54, 1.807) is 14.0 Å². The van der Waals surface area contributed by atoms with Crippen molar-refractivity contribution in [1.29, 1.82) is 0 Å². The van der Waals surface area contributed by atoms with Crippen LogP contribution < -0.4 is 14.8 Å². The minimum absolute atomic E-state index is 0.0475. The van der Waals surface area contributed by atoms with Crippen molar-refractivity contribution in [3.63, 3.8) is 0 Å². The van der Waals surface area contributed by atoms with Gasteiger partial charge in [-0.2, -0.15) is 0 Å². The average Bonchev–Trinajstić information content (AvgIpc) is 2.44. The van der Waals surface area contributed by atoms with E-state index in [0.717, 1.165) is 11.5 Å². The molecule has 0 spiro atoms. The van der Waals surface area contributed by atoms with E-state index in [2.05, 4.69) is 5.32 Å². The molecule has 1 aromatic carbocycles. The van der Waals surface area contributed by atoms with Gasteiger partial charge in [-0.1, -0.05) is 0 Å². The lowest BCUT2D eigenvalue weighted by Crippen LogP contribution is -2.34. The smallest absolute Gasteiger partial charge is 0.220 e. The summed E-state index contributed by atoms with van der Waals surface area (Å²) in [5.74, 6) is 1.47. The van der Waals surface area contributed by atoms with Crippen molar-refractivity contribution >= 4 is 5.91 Å². The third kappa shape index (κ3) is 6.10. The molecule has 1 amide bonds. The number of rotatable bonds is 8. The highest BCUT2D eigenvalue weighted by Crippen LogP contribution is 2.17. The number of nitrogens with one attached hydrogen (secondary N) is 1. The van der Waals surface area contributed by atoms with Gasteiger partial charge in [0.25, 0.3) is 0 Å². The number of carbonyl (C=O) groups excluding carboxylic acids is 1. The molecule has 1 atom stereocenters.